The molecule has 1 aliphatic heterocycles. The fourth-order valence-corrected chi connectivity index (χ4v) is 4.25. The lowest BCUT2D eigenvalue weighted by Gasteiger charge is -2.38. The lowest BCUT2D eigenvalue weighted by atomic mass is 9.92. The zero-order valence-corrected chi connectivity index (χ0v) is 20.5. The van der Waals surface area contributed by atoms with Crippen LogP contribution in [0.15, 0.2) is 55.1 Å². The number of methoxy groups -OCH3 is 1. The van der Waals surface area contributed by atoms with Crippen LogP contribution >= 0.6 is 11.6 Å². The van der Waals surface area contributed by atoms with Gasteiger partial charge in [-0.15, -0.1) is 0 Å². The highest BCUT2D eigenvalue weighted by Crippen LogP contribution is 2.31. The number of aromatic nitrogens is 2. The molecule has 0 unspecified atom stereocenters. The van der Waals surface area contributed by atoms with Crippen molar-refractivity contribution in [2.45, 2.75) is 38.5 Å². The topological polar surface area (TPSA) is 69.0 Å². The van der Waals surface area contributed by atoms with Crippen molar-refractivity contribution in [2.24, 2.45) is 0 Å². The molecule has 3 aromatic rings. The number of halogens is 1. The summed E-state index contributed by atoms with van der Waals surface area (Å²) in [5, 5.41) is 11.6. The average molecular weight is 486 g/mol. The van der Waals surface area contributed by atoms with E-state index in [0.29, 0.717) is 42.5 Å². The molecule has 8 heteroatoms. The summed E-state index contributed by atoms with van der Waals surface area (Å²) in [6.07, 6.45) is 6.72. The van der Waals surface area contributed by atoms with Gasteiger partial charge in [-0.1, -0.05) is 23.7 Å². The molecule has 0 atom stereocenters. The lowest BCUT2D eigenvalue weighted by Crippen LogP contribution is -2.47. The van der Waals surface area contributed by atoms with E-state index in [1.807, 2.05) is 48.0 Å². The fraction of sp³-hybridized carbons (Fsp3) is 0.423. The molecule has 7 nitrogen and oxygen atoms in total. The largest absolute Gasteiger partial charge is 0.493 e. The van der Waals surface area contributed by atoms with Crippen LogP contribution in [-0.4, -0.2) is 58.6 Å². The maximum atomic E-state index is 11.0. The highest BCUT2D eigenvalue weighted by Gasteiger charge is 2.33. The van der Waals surface area contributed by atoms with Crippen molar-refractivity contribution in [1.29, 1.82) is 0 Å². The van der Waals surface area contributed by atoms with Gasteiger partial charge in [0.2, 0.25) is 0 Å². The summed E-state index contributed by atoms with van der Waals surface area (Å²) in [6.45, 7) is 5.82. The Morgan fingerprint density at radius 1 is 1.06 bits per heavy atom. The zero-order valence-electron chi connectivity index (χ0n) is 19.7. The zero-order chi connectivity index (χ0) is 24.0. The van der Waals surface area contributed by atoms with E-state index in [9.17, 15) is 5.11 Å². The van der Waals surface area contributed by atoms with E-state index < -0.39 is 5.60 Å². The number of hydrogen-bond acceptors (Lipinski definition) is 6. The van der Waals surface area contributed by atoms with Crippen LogP contribution in [-0.2, 0) is 13.1 Å². The van der Waals surface area contributed by atoms with Gasteiger partial charge in [-0.25, -0.2) is 4.98 Å². The van der Waals surface area contributed by atoms with Crippen molar-refractivity contribution < 1.29 is 19.3 Å². The Hall–Kier alpha value is -2.74. The lowest BCUT2D eigenvalue weighted by molar-refractivity contribution is -0.0537. The van der Waals surface area contributed by atoms with Gasteiger partial charge in [0.25, 0.3) is 0 Å². The molecule has 0 saturated carbocycles. The molecule has 0 radical (unpaired) electrons. The standard InChI is InChI=1S/C26H32ClN3O4/c1-20-3-5-22(27)24(15-20)34-18-26(31)7-10-29(11-8-26)17-21-4-6-23(32-2)25(16-21)33-14-13-30-12-9-28-19-30/h3-6,9,12,15-16,19,31H,7-8,10-11,13-14,17-18H2,1-2H3. The van der Waals surface area contributed by atoms with Crippen LogP contribution in [0.1, 0.15) is 24.0 Å². The van der Waals surface area contributed by atoms with Gasteiger partial charge < -0.3 is 23.9 Å². The molecule has 34 heavy (non-hydrogen) atoms. The van der Waals surface area contributed by atoms with E-state index in [1.165, 1.54) is 0 Å². The first-order valence-electron chi connectivity index (χ1n) is 11.5. The Bertz CT molecular complexity index is 1070. The first-order valence-corrected chi connectivity index (χ1v) is 11.9. The molecule has 182 valence electrons. The molecule has 1 N–H and O–H groups in total. The molecule has 1 fully saturated rings. The van der Waals surface area contributed by atoms with Gasteiger partial charge in [-0.05, 0) is 55.2 Å². The smallest absolute Gasteiger partial charge is 0.161 e. The van der Waals surface area contributed by atoms with E-state index in [2.05, 4.69) is 16.0 Å². The summed E-state index contributed by atoms with van der Waals surface area (Å²) in [7, 11) is 1.65. The minimum Gasteiger partial charge on any atom is -0.493 e. The predicted molar refractivity (Wildman–Crippen MR) is 132 cm³/mol. The predicted octanol–water partition coefficient (Wildman–Crippen LogP) is 4.34. The van der Waals surface area contributed by atoms with Crippen LogP contribution in [0.3, 0.4) is 0 Å². The van der Waals surface area contributed by atoms with Crippen LogP contribution in [0.5, 0.6) is 17.2 Å². The number of benzene rings is 2. The molecular formula is C26H32ClN3O4. The van der Waals surface area contributed by atoms with Gasteiger partial charge in [-0.2, -0.15) is 0 Å². The first kappa shape index (κ1) is 24.4. The van der Waals surface area contributed by atoms with Crippen molar-refractivity contribution in [3.63, 3.8) is 0 Å². The van der Waals surface area contributed by atoms with Crippen LogP contribution in [0.4, 0.5) is 0 Å². The number of ether oxygens (including phenoxy) is 3. The van der Waals surface area contributed by atoms with E-state index >= 15 is 0 Å². The number of hydrogen-bond donors (Lipinski definition) is 1. The van der Waals surface area contributed by atoms with E-state index in [4.69, 9.17) is 25.8 Å². The molecule has 1 aliphatic rings. The molecule has 2 heterocycles. The van der Waals surface area contributed by atoms with E-state index in [1.54, 1.807) is 19.6 Å². The Balaban J connectivity index is 1.29. The molecule has 0 spiro atoms. The van der Waals surface area contributed by atoms with Crippen molar-refractivity contribution in [3.8, 4) is 17.2 Å². The van der Waals surface area contributed by atoms with Gasteiger partial charge in [0.1, 0.15) is 24.6 Å². The second-order valence-corrected chi connectivity index (χ2v) is 9.26. The van der Waals surface area contributed by atoms with Crippen molar-refractivity contribution >= 4 is 11.6 Å². The SMILES string of the molecule is COc1ccc(CN2CCC(O)(COc3cc(C)ccc3Cl)CC2)cc1OCCn1ccnc1. The van der Waals surface area contributed by atoms with Gasteiger partial charge in [0, 0.05) is 32.0 Å². The average Bonchev–Trinajstić information content (AvgIpc) is 3.35. The Labute approximate surface area is 205 Å². The number of likely N-dealkylation sites (tertiary alicyclic amines) is 1. The maximum Gasteiger partial charge on any atom is 0.161 e. The number of rotatable bonds is 10. The number of nitrogens with zero attached hydrogens (tertiary/aromatic N) is 3. The van der Waals surface area contributed by atoms with Crippen LogP contribution < -0.4 is 14.2 Å². The van der Waals surface area contributed by atoms with Crippen molar-refractivity contribution in [1.82, 2.24) is 14.5 Å². The summed E-state index contributed by atoms with van der Waals surface area (Å²) in [6, 6.07) is 11.7. The van der Waals surface area contributed by atoms with Crippen LogP contribution in [0, 0.1) is 6.92 Å². The van der Waals surface area contributed by atoms with Gasteiger partial charge >= 0.3 is 0 Å². The molecule has 0 bridgehead atoms. The molecule has 2 aromatic carbocycles. The minimum absolute atomic E-state index is 0.238. The summed E-state index contributed by atoms with van der Waals surface area (Å²) in [5.74, 6) is 2.07. The van der Waals surface area contributed by atoms with Crippen LogP contribution in [0.2, 0.25) is 5.02 Å². The van der Waals surface area contributed by atoms with Gasteiger partial charge in [0.15, 0.2) is 11.5 Å². The second kappa shape index (κ2) is 11.1. The highest BCUT2D eigenvalue weighted by molar-refractivity contribution is 6.32. The molecular weight excluding hydrogens is 454 g/mol. The van der Waals surface area contributed by atoms with Crippen molar-refractivity contribution in [3.05, 3.63) is 71.3 Å². The van der Waals surface area contributed by atoms with Gasteiger partial charge in [0.05, 0.1) is 25.0 Å². The summed E-state index contributed by atoms with van der Waals surface area (Å²) in [5.41, 5.74) is 1.36. The highest BCUT2D eigenvalue weighted by atomic mass is 35.5. The fourth-order valence-electron chi connectivity index (χ4n) is 4.08. The third kappa shape index (κ3) is 6.44. The summed E-state index contributed by atoms with van der Waals surface area (Å²) in [4.78, 5) is 6.39. The van der Waals surface area contributed by atoms with Gasteiger partial charge in [-0.3, -0.25) is 4.90 Å². The van der Waals surface area contributed by atoms with E-state index in [-0.39, 0.29) is 6.61 Å². The number of aliphatic hydroxyl groups is 1. The number of imidazole rings is 1. The monoisotopic (exact) mass is 485 g/mol. The minimum atomic E-state index is -0.856. The Kier molecular flexibility index (Phi) is 7.98. The quantitative estimate of drug-likeness (QED) is 0.460. The third-order valence-corrected chi connectivity index (χ3v) is 6.48. The maximum absolute atomic E-state index is 11.0. The summed E-state index contributed by atoms with van der Waals surface area (Å²) < 4.78 is 19.3. The van der Waals surface area contributed by atoms with E-state index in [0.717, 1.165) is 36.5 Å². The normalized spacial score (nSPS) is 15.8. The molecule has 1 saturated heterocycles. The summed E-state index contributed by atoms with van der Waals surface area (Å²) >= 11 is 6.23. The molecule has 0 aliphatic carbocycles. The second-order valence-electron chi connectivity index (χ2n) is 8.86. The Morgan fingerprint density at radius 2 is 1.88 bits per heavy atom. The van der Waals surface area contributed by atoms with Crippen molar-refractivity contribution in [2.75, 3.05) is 33.4 Å². The molecule has 1 aromatic heterocycles. The Morgan fingerprint density at radius 3 is 2.62 bits per heavy atom. The number of aryl methyl sites for hydroxylation is 1. The number of piperidine rings is 1. The molecule has 4 rings (SSSR count). The first-order chi connectivity index (χ1) is 16.4. The van der Waals surface area contributed by atoms with Crippen LogP contribution in [0.25, 0.3) is 0 Å². The molecule has 0 amide bonds. The third-order valence-electron chi connectivity index (χ3n) is 6.17.